The minimum absolute atomic E-state index is 0.342. The minimum Gasteiger partial charge on any atom is -0.462 e. The van der Waals surface area contributed by atoms with Gasteiger partial charge < -0.3 is 4.74 Å². The molecule has 0 aliphatic heterocycles. The molecule has 3 nitrogen and oxygen atoms in total. The highest BCUT2D eigenvalue weighted by Crippen LogP contribution is 2.30. The van der Waals surface area contributed by atoms with Gasteiger partial charge in [-0.15, -0.1) is 11.3 Å². The molecule has 0 bridgehead atoms. The quantitative estimate of drug-likeness (QED) is 0.561. The third-order valence-electron chi connectivity index (χ3n) is 3.29. The summed E-state index contributed by atoms with van der Waals surface area (Å²) in [5, 5.41) is 1.97. The maximum atomic E-state index is 12.2. The molecule has 0 spiro atoms. The summed E-state index contributed by atoms with van der Waals surface area (Å²) in [4.78, 5) is 17.9. The van der Waals surface area contributed by atoms with Gasteiger partial charge in [0.05, 0.1) is 28.4 Å². The maximum Gasteiger partial charge on any atom is 0.340 e. The third-order valence-corrected chi connectivity index (χ3v) is 4.69. The summed E-state index contributed by atoms with van der Waals surface area (Å²) in [7, 11) is 0. The van der Waals surface area contributed by atoms with Crippen molar-refractivity contribution in [2.75, 3.05) is 6.61 Å². The second-order valence-corrected chi connectivity index (χ2v) is 6.66. The number of nitrogens with zero attached hydrogens (tertiary/aromatic N) is 1. The molecule has 0 N–H and O–H groups in total. The van der Waals surface area contributed by atoms with Gasteiger partial charge in [0.25, 0.3) is 0 Å². The Kier molecular flexibility index (Phi) is 4.88. The highest BCUT2D eigenvalue weighted by molar-refractivity contribution is 9.10. The lowest BCUT2D eigenvalue weighted by molar-refractivity contribution is 0.0527. The molecule has 3 aromatic rings. The number of thiophene rings is 1. The van der Waals surface area contributed by atoms with E-state index in [0.717, 1.165) is 20.6 Å². The van der Waals surface area contributed by atoms with E-state index in [-0.39, 0.29) is 5.97 Å². The molecular formula is C18H14BrNO2S. The Labute approximate surface area is 147 Å². The molecule has 0 atom stereocenters. The average Bonchev–Trinajstić information content (AvgIpc) is 3.09. The van der Waals surface area contributed by atoms with E-state index in [0.29, 0.717) is 17.9 Å². The Hall–Kier alpha value is -1.98. The molecule has 0 saturated heterocycles. The lowest BCUT2D eigenvalue weighted by atomic mass is 10.1. The van der Waals surface area contributed by atoms with Crippen molar-refractivity contribution in [2.24, 2.45) is 0 Å². The zero-order valence-electron chi connectivity index (χ0n) is 12.5. The molecule has 0 amide bonds. The first-order valence-corrected chi connectivity index (χ1v) is 8.84. The van der Waals surface area contributed by atoms with Gasteiger partial charge in [-0.05, 0) is 42.6 Å². The van der Waals surface area contributed by atoms with Crippen LogP contribution in [0.15, 0.2) is 58.4 Å². The molecule has 116 valence electrons. The van der Waals surface area contributed by atoms with Crippen LogP contribution in [0.4, 0.5) is 0 Å². The summed E-state index contributed by atoms with van der Waals surface area (Å²) in [5.41, 5.74) is 2.99. The van der Waals surface area contributed by atoms with Gasteiger partial charge >= 0.3 is 5.97 Å². The Balaban J connectivity index is 2.10. The normalized spacial score (nSPS) is 10.5. The monoisotopic (exact) mass is 387 g/mol. The number of hydrogen-bond donors (Lipinski definition) is 0. The van der Waals surface area contributed by atoms with Gasteiger partial charge in [-0.2, -0.15) is 0 Å². The highest BCUT2D eigenvalue weighted by atomic mass is 79.9. The fraction of sp³-hybridized carbons (Fsp3) is 0.111. The zero-order chi connectivity index (χ0) is 16.2. The minimum atomic E-state index is -0.342. The first-order chi connectivity index (χ1) is 11.2. The van der Waals surface area contributed by atoms with Crippen LogP contribution in [-0.2, 0) is 4.74 Å². The first kappa shape index (κ1) is 15.9. The van der Waals surface area contributed by atoms with Crippen molar-refractivity contribution in [3.05, 3.63) is 63.9 Å². The van der Waals surface area contributed by atoms with Crippen LogP contribution in [0.3, 0.4) is 0 Å². The van der Waals surface area contributed by atoms with E-state index in [1.165, 1.54) is 0 Å². The Bertz CT molecular complexity index is 814. The van der Waals surface area contributed by atoms with E-state index in [1.807, 2.05) is 47.8 Å². The Morgan fingerprint density at radius 2 is 1.96 bits per heavy atom. The van der Waals surface area contributed by atoms with Crippen molar-refractivity contribution >= 4 is 33.2 Å². The molecule has 2 aromatic heterocycles. The standard InChI is InChI=1S/C18H14BrNO2S/c1-2-22-18(21)14-9-10-15(12-5-7-13(19)8-6-12)20-17(14)16-4-3-11-23-16/h3-11H,2H2,1H3. The number of carbonyl (C=O) groups is 1. The van der Waals surface area contributed by atoms with Crippen LogP contribution in [-0.4, -0.2) is 17.6 Å². The van der Waals surface area contributed by atoms with Gasteiger partial charge in [-0.1, -0.05) is 34.1 Å². The van der Waals surface area contributed by atoms with Crippen LogP contribution in [0.1, 0.15) is 17.3 Å². The number of esters is 1. The number of carbonyl (C=O) groups excluding carboxylic acids is 1. The highest BCUT2D eigenvalue weighted by Gasteiger charge is 2.17. The smallest absolute Gasteiger partial charge is 0.340 e. The Morgan fingerprint density at radius 1 is 1.17 bits per heavy atom. The summed E-state index contributed by atoms with van der Waals surface area (Å²) < 4.78 is 6.16. The second kappa shape index (κ2) is 7.06. The van der Waals surface area contributed by atoms with Crippen molar-refractivity contribution in [2.45, 2.75) is 6.92 Å². The predicted molar refractivity (Wildman–Crippen MR) is 96.6 cm³/mol. The number of rotatable bonds is 4. The number of ether oxygens (including phenoxy) is 1. The van der Waals surface area contributed by atoms with Crippen LogP contribution in [0.5, 0.6) is 0 Å². The molecule has 1 aromatic carbocycles. The van der Waals surface area contributed by atoms with Gasteiger partial charge in [0.2, 0.25) is 0 Å². The van der Waals surface area contributed by atoms with Crippen molar-refractivity contribution in [1.82, 2.24) is 4.98 Å². The van der Waals surface area contributed by atoms with Crippen LogP contribution in [0.25, 0.3) is 21.8 Å². The lowest BCUT2D eigenvalue weighted by Gasteiger charge is -2.09. The summed E-state index contributed by atoms with van der Waals surface area (Å²) in [6, 6.07) is 15.5. The molecule has 0 radical (unpaired) electrons. The third kappa shape index (κ3) is 3.51. The van der Waals surface area contributed by atoms with Crippen LogP contribution < -0.4 is 0 Å². The zero-order valence-corrected chi connectivity index (χ0v) is 14.9. The van der Waals surface area contributed by atoms with Gasteiger partial charge in [0.1, 0.15) is 0 Å². The SMILES string of the molecule is CCOC(=O)c1ccc(-c2ccc(Br)cc2)nc1-c1cccs1. The van der Waals surface area contributed by atoms with E-state index in [4.69, 9.17) is 9.72 Å². The maximum absolute atomic E-state index is 12.2. The molecule has 0 unspecified atom stereocenters. The van der Waals surface area contributed by atoms with Crippen molar-refractivity contribution < 1.29 is 9.53 Å². The first-order valence-electron chi connectivity index (χ1n) is 7.17. The average molecular weight is 388 g/mol. The molecule has 0 aliphatic rings. The molecule has 0 saturated carbocycles. The van der Waals surface area contributed by atoms with Crippen molar-refractivity contribution in [3.8, 4) is 21.8 Å². The summed E-state index contributed by atoms with van der Waals surface area (Å²) >= 11 is 4.99. The molecule has 2 heterocycles. The van der Waals surface area contributed by atoms with Crippen molar-refractivity contribution in [1.29, 1.82) is 0 Å². The second-order valence-electron chi connectivity index (χ2n) is 4.80. The number of aromatic nitrogens is 1. The van der Waals surface area contributed by atoms with Crippen LogP contribution >= 0.6 is 27.3 Å². The van der Waals surface area contributed by atoms with Crippen LogP contribution in [0, 0.1) is 0 Å². The fourth-order valence-corrected chi connectivity index (χ4v) is 3.21. The van der Waals surface area contributed by atoms with Gasteiger partial charge in [0.15, 0.2) is 0 Å². The summed E-state index contributed by atoms with van der Waals surface area (Å²) in [5.74, 6) is -0.342. The van der Waals surface area contributed by atoms with Crippen LogP contribution in [0.2, 0.25) is 0 Å². The van der Waals surface area contributed by atoms with E-state index >= 15 is 0 Å². The molecule has 0 aliphatic carbocycles. The Morgan fingerprint density at radius 3 is 2.61 bits per heavy atom. The fourth-order valence-electron chi connectivity index (χ4n) is 2.22. The van der Waals surface area contributed by atoms with Gasteiger partial charge in [-0.3, -0.25) is 0 Å². The predicted octanol–water partition coefficient (Wildman–Crippen LogP) is 5.42. The van der Waals surface area contributed by atoms with Gasteiger partial charge in [0, 0.05) is 10.0 Å². The number of hydrogen-bond acceptors (Lipinski definition) is 4. The molecule has 0 fully saturated rings. The molecule has 3 rings (SSSR count). The number of pyridine rings is 1. The largest absolute Gasteiger partial charge is 0.462 e. The van der Waals surface area contributed by atoms with Gasteiger partial charge in [-0.25, -0.2) is 9.78 Å². The van der Waals surface area contributed by atoms with E-state index in [1.54, 1.807) is 24.3 Å². The summed E-state index contributed by atoms with van der Waals surface area (Å²) in [6.45, 7) is 2.14. The van der Waals surface area contributed by atoms with E-state index in [9.17, 15) is 4.79 Å². The summed E-state index contributed by atoms with van der Waals surface area (Å²) in [6.07, 6.45) is 0. The molecule has 23 heavy (non-hydrogen) atoms. The molecular weight excluding hydrogens is 374 g/mol. The lowest BCUT2D eigenvalue weighted by Crippen LogP contribution is -2.07. The number of halogens is 1. The van der Waals surface area contributed by atoms with Crippen molar-refractivity contribution in [3.63, 3.8) is 0 Å². The number of benzene rings is 1. The van der Waals surface area contributed by atoms with E-state index < -0.39 is 0 Å². The van der Waals surface area contributed by atoms with E-state index in [2.05, 4.69) is 15.9 Å². The topological polar surface area (TPSA) is 39.2 Å². The molecule has 5 heteroatoms.